The Morgan fingerprint density at radius 3 is 2.00 bits per heavy atom. The lowest BCUT2D eigenvalue weighted by molar-refractivity contribution is -0.141. The number of sulfonamides is 1. The van der Waals surface area contributed by atoms with E-state index in [4.69, 9.17) is 11.6 Å². The lowest BCUT2D eigenvalue weighted by atomic mass is 10.0. The molecule has 37 heavy (non-hydrogen) atoms. The molecule has 0 heterocycles. The minimum absolute atomic E-state index is 0.0399. The topological polar surface area (TPSA) is 86.8 Å². The molecule has 9 heteroatoms. The van der Waals surface area contributed by atoms with Crippen molar-refractivity contribution in [2.75, 3.05) is 19.3 Å². The summed E-state index contributed by atoms with van der Waals surface area (Å²) in [6, 6.07) is 24.1. The Balaban J connectivity index is 2.00. The number of rotatable bonds is 12. The molecule has 0 aliphatic carbocycles. The van der Waals surface area contributed by atoms with Crippen LogP contribution in [0.2, 0.25) is 5.02 Å². The Morgan fingerprint density at radius 1 is 0.865 bits per heavy atom. The maximum absolute atomic E-state index is 13.9. The standard InChI is InChI=1S/C28H32ClN3O4S/c1-3-18-30-28(34)27(24-12-8-5-9-13-24)32(20-23-14-16-25(29)17-15-23)26(33)21-31(37(2,35)36)19-22-10-6-4-7-11-22/h4-17,27H,3,18-21H2,1-2H3,(H,30,34)/t27-/m0/s1. The van der Waals surface area contributed by atoms with Crippen LogP contribution in [0.3, 0.4) is 0 Å². The van der Waals surface area contributed by atoms with Crippen LogP contribution in [-0.4, -0.2) is 48.8 Å². The summed E-state index contributed by atoms with van der Waals surface area (Å²) in [7, 11) is -3.73. The normalized spacial score (nSPS) is 12.2. The largest absolute Gasteiger partial charge is 0.354 e. The molecule has 2 amide bonds. The SMILES string of the molecule is CCCNC(=O)[C@H](c1ccccc1)N(Cc1ccc(Cl)cc1)C(=O)CN(Cc1ccccc1)S(C)(=O)=O. The number of hydrogen-bond acceptors (Lipinski definition) is 4. The molecule has 0 radical (unpaired) electrons. The Kier molecular flexibility index (Phi) is 10.3. The molecule has 3 aromatic rings. The van der Waals surface area contributed by atoms with E-state index in [1.165, 1.54) is 4.90 Å². The van der Waals surface area contributed by atoms with Gasteiger partial charge in [-0.2, -0.15) is 4.31 Å². The van der Waals surface area contributed by atoms with Gasteiger partial charge in [0.1, 0.15) is 6.04 Å². The highest BCUT2D eigenvalue weighted by atomic mass is 35.5. The molecule has 3 aromatic carbocycles. The second-order valence-corrected chi connectivity index (χ2v) is 11.2. The zero-order chi connectivity index (χ0) is 26.8. The predicted molar refractivity (Wildman–Crippen MR) is 146 cm³/mol. The van der Waals surface area contributed by atoms with E-state index in [1.54, 1.807) is 60.7 Å². The van der Waals surface area contributed by atoms with Crippen molar-refractivity contribution in [3.63, 3.8) is 0 Å². The fourth-order valence-electron chi connectivity index (χ4n) is 3.88. The van der Waals surface area contributed by atoms with Gasteiger partial charge in [0.25, 0.3) is 0 Å². The van der Waals surface area contributed by atoms with Crippen LogP contribution < -0.4 is 5.32 Å². The lowest BCUT2D eigenvalue weighted by Gasteiger charge is -2.33. The number of hydrogen-bond donors (Lipinski definition) is 1. The molecule has 0 aliphatic heterocycles. The maximum atomic E-state index is 13.9. The van der Waals surface area contributed by atoms with E-state index in [0.717, 1.165) is 28.1 Å². The summed E-state index contributed by atoms with van der Waals surface area (Å²) < 4.78 is 26.5. The monoisotopic (exact) mass is 541 g/mol. The molecule has 0 spiro atoms. The van der Waals surface area contributed by atoms with Crippen molar-refractivity contribution in [2.24, 2.45) is 0 Å². The van der Waals surface area contributed by atoms with E-state index in [0.29, 0.717) is 17.1 Å². The Bertz CT molecular complexity index is 1270. The first-order valence-electron chi connectivity index (χ1n) is 12.0. The molecule has 0 aromatic heterocycles. The van der Waals surface area contributed by atoms with E-state index in [9.17, 15) is 18.0 Å². The van der Waals surface area contributed by atoms with Crippen LogP contribution in [0, 0.1) is 0 Å². The van der Waals surface area contributed by atoms with Gasteiger partial charge < -0.3 is 10.2 Å². The third-order valence-corrected chi connectivity index (χ3v) is 7.24. The Labute approximate surface area is 224 Å². The van der Waals surface area contributed by atoms with Gasteiger partial charge in [-0.05, 0) is 35.2 Å². The molecule has 0 unspecified atom stereocenters. The van der Waals surface area contributed by atoms with E-state index < -0.39 is 28.5 Å². The quantitative estimate of drug-likeness (QED) is 0.368. The molecule has 0 fully saturated rings. The van der Waals surface area contributed by atoms with Crippen molar-refractivity contribution >= 4 is 33.4 Å². The summed E-state index contributed by atoms with van der Waals surface area (Å²) in [5.74, 6) is -0.818. The molecule has 0 saturated carbocycles. The van der Waals surface area contributed by atoms with Crippen LogP contribution in [0.5, 0.6) is 0 Å². The van der Waals surface area contributed by atoms with E-state index in [1.807, 2.05) is 31.2 Å². The molecule has 1 atom stereocenters. The average Bonchev–Trinajstić information content (AvgIpc) is 2.88. The summed E-state index contributed by atoms with van der Waals surface area (Å²) >= 11 is 6.05. The van der Waals surface area contributed by atoms with Gasteiger partial charge in [-0.3, -0.25) is 9.59 Å². The molecular formula is C28H32ClN3O4S. The maximum Gasteiger partial charge on any atom is 0.247 e. The van der Waals surface area contributed by atoms with Crippen LogP contribution in [0.4, 0.5) is 0 Å². The highest BCUT2D eigenvalue weighted by Crippen LogP contribution is 2.25. The van der Waals surface area contributed by atoms with E-state index in [-0.39, 0.29) is 19.0 Å². The molecule has 0 bridgehead atoms. The predicted octanol–water partition coefficient (Wildman–Crippen LogP) is 4.40. The molecule has 7 nitrogen and oxygen atoms in total. The summed E-state index contributed by atoms with van der Waals surface area (Å²) in [5, 5.41) is 3.45. The van der Waals surface area contributed by atoms with E-state index >= 15 is 0 Å². The minimum atomic E-state index is -3.73. The zero-order valence-electron chi connectivity index (χ0n) is 21.0. The first-order chi connectivity index (χ1) is 17.7. The molecular weight excluding hydrogens is 510 g/mol. The van der Waals surface area contributed by atoms with Crippen molar-refractivity contribution in [1.82, 2.24) is 14.5 Å². The minimum Gasteiger partial charge on any atom is -0.354 e. The van der Waals surface area contributed by atoms with Crippen LogP contribution >= 0.6 is 11.6 Å². The third-order valence-electron chi connectivity index (χ3n) is 5.79. The molecule has 0 aliphatic rings. The van der Waals surface area contributed by atoms with Gasteiger partial charge in [-0.1, -0.05) is 91.3 Å². The molecule has 0 saturated heterocycles. The first-order valence-corrected chi connectivity index (χ1v) is 14.3. The van der Waals surface area contributed by atoms with Gasteiger partial charge in [0.2, 0.25) is 21.8 Å². The number of nitrogens with zero attached hydrogens (tertiary/aromatic N) is 2. The van der Waals surface area contributed by atoms with Gasteiger partial charge in [-0.25, -0.2) is 8.42 Å². The van der Waals surface area contributed by atoms with Crippen molar-refractivity contribution in [3.05, 3.63) is 107 Å². The van der Waals surface area contributed by atoms with Crippen LogP contribution in [-0.2, 0) is 32.7 Å². The summed E-state index contributed by atoms with van der Waals surface area (Å²) in [6.07, 6.45) is 1.81. The van der Waals surface area contributed by atoms with Gasteiger partial charge in [0.15, 0.2) is 0 Å². The van der Waals surface area contributed by atoms with Gasteiger partial charge >= 0.3 is 0 Å². The second-order valence-electron chi connectivity index (χ2n) is 8.77. The van der Waals surface area contributed by atoms with Crippen molar-refractivity contribution in [3.8, 4) is 0 Å². The Hall–Kier alpha value is -3.20. The van der Waals surface area contributed by atoms with Gasteiger partial charge in [0.05, 0.1) is 12.8 Å². The van der Waals surface area contributed by atoms with Gasteiger partial charge in [-0.15, -0.1) is 0 Å². The number of carbonyl (C=O) groups is 2. The Morgan fingerprint density at radius 2 is 1.43 bits per heavy atom. The lowest BCUT2D eigenvalue weighted by Crippen LogP contribution is -2.47. The molecule has 3 rings (SSSR count). The number of carbonyl (C=O) groups excluding carboxylic acids is 2. The highest BCUT2D eigenvalue weighted by Gasteiger charge is 2.33. The smallest absolute Gasteiger partial charge is 0.247 e. The fourth-order valence-corrected chi connectivity index (χ4v) is 4.74. The van der Waals surface area contributed by atoms with Crippen molar-refractivity contribution in [1.29, 1.82) is 0 Å². The number of benzene rings is 3. The molecule has 196 valence electrons. The number of halogens is 1. The van der Waals surface area contributed by atoms with Crippen molar-refractivity contribution in [2.45, 2.75) is 32.5 Å². The highest BCUT2D eigenvalue weighted by molar-refractivity contribution is 7.88. The zero-order valence-corrected chi connectivity index (χ0v) is 22.6. The third kappa shape index (κ3) is 8.42. The summed E-state index contributed by atoms with van der Waals surface area (Å²) in [5.41, 5.74) is 2.15. The average molecular weight is 542 g/mol. The second kappa shape index (κ2) is 13.4. The van der Waals surface area contributed by atoms with Crippen LogP contribution in [0.15, 0.2) is 84.9 Å². The van der Waals surface area contributed by atoms with Crippen LogP contribution in [0.1, 0.15) is 36.1 Å². The fraction of sp³-hybridized carbons (Fsp3) is 0.286. The van der Waals surface area contributed by atoms with Gasteiger partial charge in [0, 0.05) is 24.7 Å². The summed E-state index contributed by atoms with van der Waals surface area (Å²) in [6.45, 7) is 2.12. The first kappa shape index (κ1) is 28.4. The van der Waals surface area contributed by atoms with E-state index in [2.05, 4.69) is 5.32 Å². The number of nitrogens with one attached hydrogen (secondary N) is 1. The number of amides is 2. The van der Waals surface area contributed by atoms with Crippen molar-refractivity contribution < 1.29 is 18.0 Å². The molecule has 1 N–H and O–H groups in total. The van der Waals surface area contributed by atoms with Crippen LogP contribution in [0.25, 0.3) is 0 Å². The summed E-state index contributed by atoms with van der Waals surface area (Å²) in [4.78, 5) is 28.7.